The minimum absolute atomic E-state index is 0.0806. The van der Waals surface area contributed by atoms with Gasteiger partial charge in [-0.05, 0) is 37.0 Å². The van der Waals surface area contributed by atoms with Crippen molar-refractivity contribution in [1.29, 1.82) is 0 Å². The fourth-order valence-corrected chi connectivity index (χ4v) is 2.00. The molecule has 6 nitrogen and oxygen atoms in total. The molecule has 0 heterocycles. The fraction of sp³-hybridized carbons (Fsp3) is 0.438. The summed E-state index contributed by atoms with van der Waals surface area (Å²) in [6.45, 7) is 0.892. The molecule has 2 amide bonds. The Bertz CT molecular complexity index is 550. The zero-order valence-electron chi connectivity index (χ0n) is 12.3. The number of carboxylic acids is 1. The number of aromatic carboxylic acids is 1. The lowest BCUT2D eigenvalue weighted by Crippen LogP contribution is -2.28. The quantitative estimate of drug-likeness (QED) is 0.631. The molecule has 1 aromatic rings. The van der Waals surface area contributed by atoms with Crippen molar-refractivity contribution in [2.75, 3.05) is 6.54 Å². The van der Waals surface area contributed by atoms with Crippen molar-refractivity contribution in [3.05, 3.63) is 35.4 Å². The summed E-state index contributed by atoms with van der Waals surface area (Å²) in [5, 5.41) is 14.4. The first-order valence-electron chi connectivity index (χ1n) is 7.43. The predicted octanol–water partition coefficient (Wildman–Crippen LogP) is 1.31. The maximum absolute atomic E-state index is 11.7. The van der Waals surface area contributed by atoms with E-state index in [1.165, 1.54) is 12.1 Å². The SMILES string of the molecule is O=C(CCCNC(=O)C1CC1)NCc1ccc(C(=O)O)cc1. The van der Waals surface area contributed by atoms with Crippen LogP contribution in [-0.2, 0) is 16.1 Å². The molecular formula is C16H20N2O4. The van der Waals surface area contributed by atoms with Crippen LogP contribution < -0.4 is 10.6 Å². The van der Waals surface area contributed by atoms with E-state index in [1.807, 2.05) is 0 Å². The van der Waals surface area contributed by atoms with Crippen molar-refractivity contribution in [2.45, 2.75) is 32.2 Å². The Balaban J connectivity index is 1.60. The van der Waals surface area contributed by atoms with E-state index in [1.54, 1.807) is 12.1 Å². The number of carbonyl (C=O) groups excluding carboxylic acids is 2. The lowest BCUT2D eigenvalue weighted by atomic mass is 10.1. The molecule has 0 spiro atoms. The van der Waals surface area contributed by atoms with Crippen LogP contribution in [0.1, 0.15) is 41.6 Å². The molecule has 2 rings (SSSR count). The van der Waals surface area contributed by atoms with Crippen LogP contribution in [-0.4, -0.2) is 29.4 Å². The molecule has 1 aliphatic carbocycles. The van der Waals surface area contributed by atoms with E-state index in [2.05, 4.69) is 10.6 Å². The highest BCUT2D eigenvalue weighted by molar-refractivity contribution is 5.87. The zero-order valence-corrected chi connectivity index (χ0v) is 12.3. The Morgan fingerprint density at radius 2 is 1.77 bits per heavy atom. The van der Waals surface area contributed by atoms with Crippen LogP contribution in [0.5, 0.6) is 0 Å². The normalized spacial score (nSPS) is 13.5. The molecule has 1 fully saturated rings. The van der Waals surface area contributed by atoms with Gasteiger partial charge in [-0.15, -0.1) is 0 Å². The van der Waals surface area contributed by atoms with Crippen molar-refractivity contribution < 1.29 is 19.5 Å². The topological polar surface area (TPSA) is 95.5 Å². The first kappa shape index (κ1) is 16.0. The number of hydrogen-bond acceptors (Lipinski definition) is 3. The van der Waals surface area contributed by atoms with Crippen molar-refractivity contribution in [3.8, 4) is 0 Å². The van der Waals surface area contributed by atoms with Crippen LogP contribution in [0, 0.1) is 5.92 Å². The first-order chi connectivity index (χ1) is 10.6. The Labute approximate surface area is 128 Å². The molecule has 118 valence electrons. The highest BCUT2D eigenvalue weighted by atomic mass is 16.4. The number of carbonyl (C=O) groups is 3. The summed E-state index contributed by atoms with van der Waals surface area (Å²) < 4.78 is 0. The summed E-state index contributed by atoms with van der Waals surface area (Å²) in [4.78, 5) is 33.8. The van der Waals surface area contributed by atoms with Crippen molar-refractivity contribution in [3.63, 3.8) is 0 Å². The van der Waals surface area contributed by atoms with E-state index < -0.39 is 5.97 Å². The lowest BCUT2D eigenvalue weighted by molar-refractivity contribution is -0.123. The molecule has 0 unspecified atom stereocenters. The van der Waals surface area contributed by atoms with E-state index in [4.69, 9.17) is 5.11 Å². The number of amides is 2. The molecule has 6 heteroatoms. The minimum atomic E-state index is -0.969. The van der Waals surface area contributed by atoms with Gasteiger partial charge in [0.1, 0.15) is 0 Å². The van der Waals surface area contributed by atoms with Crippen LogP contribution in [0.25, 0.3) is 0 Å². The molecule has 0 radical (unpaired) electrons. The molecule has 0 aromatic heterocycles. The number of hydrogen-bond donors (Lipinski definition) is 3. The molecule has 22 heavy (non-hydrogen) atoms. The molecule has 0 atom stereocenters. The Kier molecular flexibility index (Phi) is 5.52. The fourth-order valence-electron chi connectivity index (χ4n) is 2.00. The number of nitrogens with one attached hydrogen (secondary N) is 2. The minimum Gasteiger partial charge on any atom is -0.478 e. The van der Waals surface area contributed by atoms with Crippen molar-refractivity contribution >= 4 is 17.8 Å². The summed E-state index contributed by atoms with van der Waals surface area (Å²) in [7, 11) is 0. The molecule has 0 bridgehead atoms. The van der Waals surface area contributed by atoms with Gasteiger partial charge in [-0.3, -0.25) is 9.59 Å². The number of carboxylic acid groups (broad SMARTS) is 1. The van der Waals surface area contributed by atoms with Gasteiger partial charge >= 0.3 is 5.97 Å². The zero-order chi connectivity index (χ0) is 15.9. The first-order valence-corrected chi connectivity index (χ1v) is 7.43. The average molecular weight is 304 g/mol. The van der Waals surface area contributed by atoms with Gasteiger partial charge in [0, 0.05) is 25.4 Å². The largest absolute Gasteiger partial charge is 0.478 e. The van der Waals surface area contributed by atoms with Crippen LogP contribution in [0.2, 0.25) is 0 Å². The molecule has 0 saturated heterocycles. The lowest BCUT2D eigenvalue weighted by Gasteiger charge is -2.06. The molecule has 1 saturated carbocycles. The summed E-state index contributed by atoms with van der Waals surface area (Å²) in [5.74, 6) is -0.756. The average Bonchev–Trinajstić information content (AvgIpc) is 3.34. The summed E-state index contributed by atoms with van der Waals surface area (Å²) in [6.07, 6.45) is 2.93. The van der Waals surface area contributed by atoms with Gasteiger partial charge in [0.25, 0.3) is 0 Å². The van der Waals surface area contributed by atoms with E-state index in [0.29, 0.717) is 25.9 Å². The maximum Gasteiger partial charge on any atom is 0.335 e. The summed E-state index contributed by atoms with van der Waals surface area (Å²) in [6, 6.07) is 6.38. The van der Waals surface area contributed by atoms with Crippen molar-refractivity contribution in [2.24, 2.45) is 5.92 Å². The van der Waals surface area contributed by atoms with Gasteiger partial charge in [0.2, 0.25) is 11.8 Å². The summed E-state index contributed by atoms with van der Waals surface area (Å²) in [5.41, 5.74) is 1.07. The third-order valence-corrected chi connectivity index (χ3v) is 3.52. The Morgan fingerprint density at radius 1 is 1.09 bits per heavy atom. The Morgan fingerprint density at radius 3 is 2.36 bits per heavy atom. The predicted molar refractivity (Wildman–Crippen MR) is 80.2 cm³/mol. The smallest absolute Gasteiger partial charge is 0.335 e. The second kappa shape index (κ2) is 7.59. The highest BCUT2D eigenvalue weighted by Gasteiger charge is 2.28. The van der Waals surface area contributed by atoms with E-state index >= 15 is 0 Å². The van der Waals surface area contributed by atoms with E-state index in [9.17, 15) is 14.4 Å². The molecule has 0 aliphatic heterocycles. The van der Waals surface area contributed by atoms with Crippen molar-refractivity contribution in [1.82, 2.24) is 10.6 Å². The molecule has 1 aromatic carbocycles. The number of rotatable bonds is 8. The second-order valence-electron chi connectivity index (χ2n) is 5.45. The monoisotopic (exact) mass is 304 g/mol. The molecular weight excluding hydrogens is 284 g/mol. The van der Waals surface area contributed by atoms with E-state index in [-0.39, 0.29) is 23.3 Å². The van der Waals surface area contributed by atoms with Gasteiger partial charge in [-0.25, -0.2) is 4.79 Å². The highest BCUT2D eigenvalue weighted by Crippen LogP contribution is 2.28. The number of benzene rings is 1. The van der Waals surface area contributed by atoms with Gasteiger partial charge < -0.3 is 15.7 Å². The Hall–Kier alpha value is -2.37. The van der Waals surface area contributed by atoms with E-state index in [0.717, 1.165) is 18.4 Å². The molecule has 3 N–H and O–H groups in total. The standard InChI is InChI=1S/C16H20N2O4/c19-14(2-1-9-17-15(20)12-7-8-12)18-10-11-3-5-13(6-4-11)16(21)22/h3-6,12H,1-2,7-10H2,(H,17,20)(H,18,19)(H,21,22). The molecule has 1 aliphatic rings. The maximum atomic E-state index is 11.7. The van der Waals surface area contributed by atoms with Crippen LogP contribution in [0.4, 0.5) is 0 Å². The summed E-state index contributed by atoms with van der Waals surface area (Å²) >= 11 is 0. The van der Waals surface area contributed by atoms with Crippen LogP contribution >= 0.6 is 0 Å². The van der Waals surface area contributed by atoms with Gasteiger partial charge in [-0.2, -0.15) is 0 Å². The second-order valence-corrected chi connectivity index (χ2v) is 5.45. The van der Waals surface area contributed by atoms with Crippen LogP contribution in [0.15, 0.2) is 24.3 Å². The third-order valence-electron chi connectivity index (χ3n) is 3.52. The third kappa shape index (κ3) is 5.20. The van der Waals surface area contributed by atoms with Gasteiger partial charge in [-0.1, -0.05) is 12.1 Å². The van der Waals surface area contributed by atoms with Gasteiger partial charge in [0.05, 0.1) is 5.56 Å². The van der Waals surface area contributed by atoms with Gasteiger partial charge in [0.15, 0.2) is 0 Å². The van der Waals surface area contributed by atoms with Crippen LogP contribution in [0.3, 0.4) is 0 Å².